The van der Waals surface area contributed by atoms with Crippen LogP contribution >= 0.6 is 0 Å². The van der Waals surface area contributed by atoms with Crippen molar-refractivity contribution in [3.63, 3.8) is 0 Å². The number of carboxylic acids is 1. The first-order chi connectivity index (χ1) is 8.52. The smallest absolute Gasteiger partial charge is 0.334 e. The van der Waals surface area contributed by atoms with Gasteiger partial charge in [-0.25, -0.2) is 14.6 Å². The molecule has 0 aliphatic heterocycles. The zero-order valence-corrected chi connectivity index (χ0v) is 9.58. The van der Waals surface area contributed by atoms with Gasteiger partial charge >= 0.3 is 12.0 Å². The number of ether oxygens (including phenoxy) is 1. The number of carbonyl (C=O) groups is 2. The highest BCUT2D eigenvalue weighted by Crippen LogP contribution is 2.10. The minimum Gasteiger partial charge on any atom is -0.481 e. The standard InChI is InChI=1S/C10H13N3O5/c1-18-8-3-2-6(4-11-8)13-10(17)12-5-7(14)9(15)16/h2-4,7,14H,5H2,1H3,(H,15,16)(H2,12,13,17). The lowest BCUT2D eigenvalue weighted by molar-refractivity contribution is -0.146. The third-order valence-corrected chi connectivity index (χ3v) is 1.94. The van der Waals surface area contributed by atoms with Crippen LogP contribution in [0.15, 0.2) is 18.3 Å². The Bertz CT molecular complexity index is 420. The summed E-state index contributed by atoms with van der Waals surface area (Å²) in [5, 5.41) is 22.0. The second-order valence-corrected chi connectivity index (χ2v) is 3.28. The van der Waals surface area contributed by atoms with E-state index in [-0.39, 0.29) is 6.54 Å². The highest BCUT2D eigenvalue weighted by molar-refractivity contribution is 5.89. The average Bonchev–Trinajstić information content (AvgIpc) is 2.36. The van der Waals surface area contributed by atoms with Crippen LogP contribution in [0.5, 0.6) is 5.88 Å². The molecule has 2 amide bonds. The molecule has 1 rings (SSSR count). The fourth-order valence-corrected chi connectivity index (χ4v) is 1.03. The molecule has 0 aromatic carbocycles. The largest absolute Gasteiger partial charge is 0.481 e. The molecule has 18 heavy (non-hydrogen) atoms. The van der Waals surface area contributed by atoms with E-state index in [2.05, 4.69) is 15.6 Å². The number of aliphatic hydroxyl groups excluding tert-OH is 1. The van der Waals surface area contributed by atoms with E-state index in [4.69, 9.17) is 14.9 Å². The molecule has 1 atom stereocenters. The van der Waals surface area contributed by atoms with Crippen molar-refractivity contribution < 1.29 is 24.5 Å². The number of hydrogen-bond acceptors (Lipinski definition) is 5. The van der Waals surface area contributed by atoms with Crippen molar-refractivity contribution in [3.8, 4) is 5.88 Å². The van der Waals surface area contributed by atoms with Gasteiger partial charge in [0.15, 0.2) is 6.10 Å². The van der Waals surface area contributed by atoms with E-state index in [0.717, 1.165) is 0 Å². The van der Waals surface area contributed by atoms with E-state index in [0.29, 0.717) is 11.6 Å². The molecule has 0 saturated carbocycles. The van der Waals surface area contributed by atoms with Gasteiger partial charge in [0.1, 0.15) is 0 Å². The van der Waals surface area contributed by atoms with E-state index < -0.39 is 18.1 Å². The number of amides is 2. The van der Waals surface area contributed by atoms with Crippen LogP contribution in [-0.2, 0) is 4.79 Å². The van der Waals surface area contributed by atoms with E-state index in [1.807, 2.05) is 0 Å². The van der Waals surface area contributed by atoms with Gasteiger partial charge in [0.2, 0.25) is 5.88 Å². The van der Waals surface area contributed by atoms with Crippen LogP contribution in [-0.4, -0.2) is 47.0 Å². The number of aromatic nitrogens is 1. The van der Waals surface area contributed by atoms with Crippen LogP contribution in [0.25, 0.3) is 0 Å². The van der Waals surface area contributed by atoms with Gasteiger partial charge in [-0.2, -0.15) is 0 Å². The number of urea groups is 1. The Labute approximate surface area is 103 Å². The van der Waals surface area contributed by atoms with Crippen molar-refractivity contribution in [2.75, 3.05) is 19.0 Å². The summed E-state index contributed by atoms with van der Waals surface area (Å²) >= 11 is 0. The summed E-state index contributed by atoms with van der Waals surface area (Å²) in [4.78, 5) is 25.5. The van der Waals surface area contributed by atoms with Crippen molar-refractivity contribution in [2.45, 2.75) is 6.10 Å². The first-order valence-corrected chi connectivity index (χ1v) is 4.98. The van der Waals surface area contributed by atoms with Gasteiger partial charge in [-0.1, -0.05) is 0 Å². The molecule has 1 heterocycles. The first-order valence-electron chi connectivity index (χ1n) is 4.98. The van der Waals surface area contributed by atoms with Crippen LogP contribution in [0.1, 0.15) is 0 Å². The van der Waals surface area contributed by atoms with Crippen molar-refractivity contribution in [1.82, 2.24) is 10.3 Å². The Morgan fingerprint density at radius 1 is 1.50 bits per heavy atom. The van der Waals surface area contributed by atoms with Crippen molar-refractivity contribution >= 4 is 17.7 Å². The number of carboxylic acid groups (broad SMARTS) is 1. The monoisotopic (exact) mass is 255 g/mol. The van der Waals surface area contributed by atoms with Gasteiger partial charge in [-0.3, -0.25) is 0 Å². The topological polar surface area (TPSA) is 121 Å². The maximum atomic E-state index is 11.3. The Kier molecular flexibility index (Phi) is 4.88. The SMILES string of the molecule is COc1ccc(NC(=O)NCC(O)C(=O)O)cn1. The molecule has 8 nitrogen and oxygen atoms in total. The molecule has 98 valence electrons. The highest BCUT2D eigenvalue weighted by atomic mass is 16.5. The minimum atomic E-state index is -1.63. The number of aliphatic hydroxyl groups is 1. The molecule has 0 aliphatic rings. The average molecular weight is 255 g/mol. The van der Waals surface area contributed by atoms with E-state index in [1.54, 1.807) is 12.1 Å². The maximum Gasteiger partial charge on any atom is 0.334 e. The second kappa shape index (κ2) is 6.40. The molecular weight excluding hydrogens is 242 g/mol. The van der Waals surface area contributed by atoms with Crippen molar-refractivity contribution in [3.05, 3.63) is 18.3 Å². The molecule has 0 aliphatic carbocycles. The Morgan fingerprint density at radius 3 is 2.72 bits per heavy atom. The summed E-state index contributed by atoms with van der Waals surface area (Å²) in [7, 11) is 1.47. The van der Waals surface area contributed by atoms with E-state index in [1.165, 1.54) is 13.3 Å². The summed E-state index contributed by atoms with van der Waals surface area (Å²) < 4.78 is 4.84. The zero-order chi connectivity index (χ0) is 13.5. The number of nitrogens with zero attached hydrogens (tertiary/aromatic N) is 1. The molecule has 0 saturated heterocycles. The molecule has 0 fully saturated rings. The predicted octanol–water partition coefficient (Wildman–Crippen LogP) is -0.343. The maximum absolute atomic E-state index is 11.3. The van der Waals surface area contributed by atoms with Crippen LogP contribution in [0.2, 0.25) is 0 Å². The number of pyridine rings is 1. The van der Waals surface area contributed by atoms with E-state index in [9.17, 15) is 9.59 Å². The molecule has 8 heteroatoms. The lowest BCUT2D eigenvalue weighted by atomic mass is 10.3. The Hall–Kier alpha value is -2.35. The summed E-state index contributed by atoms with van der Waals surface area (Å²) in [6, 6.07) is 2.49. The molecular formula is C10H13N3O5. The summed E-state index contributed by atoms with van der Waals surface area (Å²) in [6.07, 6.45) is -0.254. The molecule has 0 radical (unpaired) electrons. The minimum absolute atomic E-state index is 0.384. The van der Waals surface area contributed by atoms with Gasteiger partial charge in [0.05, 0.1) is 25.5 Å². The summed E-state index contributed by atoms with van der Waals surface area (Å²) in [5.41, 5.74) is 0.415. The third-order valence-electron chi connectivity index (χ3n) is 1.94. The van der Waals surface area contributed by atoms with Crippen molar-refractivity contribution in [1.29, 1.82) is 0 Å². The molecule has 1 aromatic heterocycles. The highest BCUT2D eigenvalue weighted by Gasteiger charge is 2.13. The molecule has 1 aromatic rings. The molecule has 0 spiro atoms. The summed E-state index contributed by atoms with van der Waals surface area (Å²) in [5.74, 6) is -0.997. The lowest BCUT2D eigenvalue weighted by Crippen LogP contribution is -2.38. The predicted molar refractivity (Wildman–Crippen MR) is 61.5 cm³/mol. The molecule has 1 unspecified atom stereocenters. The number of nitrogens with one attached hydrogen (secondary N) is 2. The third kappa shape index (κ3) is 4.26. The van der Waals surface area contributed by atoms with Crippen LogP contribution in [0.3, 0.4) is 0 Å². The fourth-order valence-electron chi connectivity index (χ4n) is 1.03. The summed E-state index contributed by atoms with van der Waals surface area (Å²) in [6.45, 7) is -0.384. The van der Waals surface area contributed by atoms with Gasteiger partial charge < -0.3 is 25.6 Å². The number of rotatable bonds is 5. The Balaban J connectivity index is 2.42. The normalized spacial score (nSPS) is 11.4. The van der Waals surface area contributed by atoms with E-state index >= 15 is 0 Å². The number of anilines is 1. The number of methoxy groups -OCH3 is 1. The fraction of sp³-hybridized carbons (Fsp3) is 0.300. The van der Waals surface area contributed by atoms with Gasteiger partial charge in [-0.05, 0) is 6.07 Å². The van der Waals surface area contributed by atoms with Crippen LogP contribution in [0, 0.1) is 0 Å². The van der Waals surface area contributed by atoms with Crippen LogP contribution < -0.4 is 15.4 Å². The number of aliphatic carboxylic acids is 1. The second-order valence-electron chi connectivity index (χ2n) is 3.28. The number of carbonyl (C=O) groups excluding carboxylic acids is 1. The molecule has 4 N–H and O–H groups in total. The zero-order valence-electron chi connectivity index (χ0n) is 9.58. The number of hydrogen-bond donors (Lipinski definition) is 4. The lowest BCUT2D eigenvalue weighted by Gasteiger charge is -2.09. The van der Waals surface area contributed by atoms with Crippen LogP contribution in [0.4, 0.5) is 10.5 Å². The van der Waals surface area contributed by atoms with Gasteiger partial charge in [0, 0.05) is 6.07 Å². The quantitative estimate of drug-likeness (QED) is 0.571. The van der Waals surface area contributed by atoms with Crippen molar-refractivity contribution in [2.24, 2.45) is 0 Å². The van der Waals surface area contributed by atoms with Gasteiger partial charge in [-0.15, -0.1) is 0 Å². The first kappa shape index (κ1) is 13.7. The molecule has 0 bridgehead atoms. The Morgan fingerprint density at radius 2 is 2.22 bits per heavy atom. The van der Waals surface area contributed by atoms with Gasteiger partial charge in [0.25, 0.3) is 0 Å².